The summed E-state index contributed by atoms with van der Waals surface area (Å²) in [5.41, 5.74) is 2.28. The summed E-state index contributed by atoms with van der Waals surface area (Å²) in [7, 11) is 0. The number of rotatable bonds is 2. The Kier molecular flexibility index (Phi) is 4.21. The number of carbonyl (C=O) groups excluding carboxylic acids is 1. The third-order valence-electron chi connectivity index (χ3n) is 4.24. The second-order valence-corrected chi connectivity index (χ2v) is 5.33. The second kappa shape index (κ2) is 5.67. The summed E-state index contributed by atoms with van der Waals surface area (Å²) in [6.45, 7) is 7.96. The topological polar surface area (TPSA) is 32.3 Å². The average Bonchev–Trinajstić information content (AvgIpc) is 2.50. The van der Waals surface area contributed by atoms with Crippen molar-refractivity contribution in [1.82, 2.24) is 10.2 Å². The van der Waals surface area contributed by atoms with E-state index in [4.69, 9.17) is 0 Å². The quantitative estimate of drug-likeness (QED) is 0.743. The van der Waals surface area contributed by atoms with Crippen molar-refractivity contribution in [1.29, 1.82) is 0 Å². The van der Waals surface area contributed by atoms with Crippen LogP contribution in [0.4, 0.5) is 0 Å². The van der Waals surface area contributed by atoms with Crippen molar-refractivity contribution in [3.63, 3.8) is 0 Å². The van der Waals surface area contributed by atoms with Crippen LogP contribution in [-0.2, 0) is 4.79 Å². The van der Waals surface area contributed by atoms with Crippen LogP contribution < -0.4 is 5.32 Å². The highest BCUT2D eigenvalue weighted by Gasteiger charge is 2.23. The molecule has 0 aromatic heterocycles. The fourth-order valence-corrected chi connectivity index (χ4v) is 2.68. The maximum Gasteiger partial charge on any atom is 0.249 e. The lowest BCUT2D eigenvalue weighted by atomic mass is 9.98. The van der Waals surface area contributed by atoms with Crippen molar-refractivity contribution in [3.8, 4) is 0 Å². The number of carbonyl (C=O) groups is 1. The molecule has 3 heteroatoms. The van der Waals surface area contributed by atoms with Gasteiger partial charge in [0.2, 0.25) is 5.91 Å². The van der Waals surface area contributed by atoms with Crippen molar-refractivity contribution in [2.75, 3.05) is 26.2 Å². The predicted molar refractivity (Wildman–Crippen MR) is 69.8 cm³/mol. The van der Waals surface area contributed by atoms with E-state index >= 15 is 0 Å². The first-order chi connectivity index (χ1) is 8.22. The number of nitrogens with zero attached hydrogens (tertiary/aromatic N) is 1. The van der Waals surface area contributed by atoms with Gasteiger partial charge in [0.15, 0.2) is 0 Å². The molecule has 96 valence electrons. The lowest BCUT2D eigenvalue weighted by Crippen LogP contribution is -2.39. The SMILES string of the molecule is CCC1CCCN(C(=O)C(C)=C2CNC2)CC1. The molecule has 2 rings (SSSR count). The maximum absolute atomic E-state index is 12.3. The minimum Gasteiger partial charge on any atom is -0.339 e. The summed E-state index contributed by atoms with van der Waals surface area (Å²) >= 11 is 0. The third-order valence-corrected chi connectivity index (χ3v) is 4.24. The molecule has 2 fully saturated rings. The van der Waals surface area contributed by atoms with E-state index in [0.717, 1.165) is 37.7 Å². The molecule has 0 aromatic carbocycles. The lowest BCUT2D eigenvalue weighted by molar-refractivity contribution is -0.127. The van der Waals surface area contributed by atoms with E-state index in [0.29, 0.717) is 0 Å². The van der Waals surface area contributed by atoms with Gasteiger partial charge in [-0.25, -0.2) is 0 Å². The smallest absolute Gasteiger partial charge is 0.249 e. The second-order valence-electron chi connectivity index (χ2n) is 5.33. The first kappa shape index (κ1) is 12.6. The Morgan fingerprint density at radius 1 is 1.35 bits per heavy atom. The summed E-state index contributed by atoms with van der Waals surface area (Å²) in [6.07, 6.45) is 4.90. The molecule has 0 spiro atoms. The Bertz CT molecular complexity index is 316. The van der Waals surface area contributed by atoms with E-state index in [1.165, 1.54) is 31.3 Å². The van der Waals surface area contributed by atoms with Crippen LogP contribution in [0, 0.1) is 5.92 Å². The molecule has 17 heavy (non-hydrogen) atoms. The highest BCUT2D eigenvalue weighted by atomic mass is 16.2. The minimum absolute atomic E-state index is 0.276. The summed E-state index contributed by atoms with van der Waals surface area (Å²) in [5, 5.41) is 3.20. The van der Waals surface area contributed by atoms with Gasteiger partial charge in [-0.15, -0.1) is 0 Å². The molecule has 1 unspecified atom stereocenters. The van der Waals surface area contributed by atoms with E-state index < -0.39 is 0 Å². The molecule has 1 amide bonds. The van der Waals surface area contributed by atoms with Gasteiger partial charge in [0.05, 0.1) is 0 Å². The molecule has 0 saturated carbocycles. The van der Waals surface area contributed by atoms with Crippen LogP contribution in [0.3, 0.4) is 0 Å². The normalized spacial score (nSPS) is 25.2. The van der Waals surface area contributed by atoms with E-state index in [1.54, 1.807) is 0 Å². The first-order valence-corrected chi connectivity index (χ1v) is 6.91. The molecule has 1 atom stereocenters. The summed E-state index contributed by atoms with van der Waals surface area (Å²) in [6, 6.07) is 0. The zero-order valence-corrected chi connectivity index (χ0v) is 11.1. The van der Waals surface area contributed by atoms with Crippen molar-refractivity contribution < 1.29 is 4.79 Å². The molecule has 0 aromatic rings. The highest BCUT2D eigenvalue weighted by Crippen LogP contribution is 2.22. The predicted octanol–water partition coefficient (Wildman–Crippen LogP) is 1.94. The van der Waals surface area contributed by atoms with E-state index in [-0.39, 0.29) is 5.91 Å². The van der Waals surface area contributed by atoms with Gasteiger partial charge in [-0.1, -0.05) is 13.3 Å². The van der Waals surface area contributed by atoms with Crippen LogP contribution in [0.2, 0.25) is 0 Å². The molecule has 2 saturated heterocycles. The molecule has 0 radical (unpaired) electrons. The van der Waals surface area contributed by atoms with Crippen LogP contribution in [0.15, 0.2) is 11.1 Å². The van der Waals surface area contributed by atoms with E-state index in [9.17, 15) is 4.79 Å². The molecule has 2 heterocycles. The largest absolute Gasteiger partial charge is 0.339 e. The van der Waals surface area contributed by atoms with Gasteiger partial charge < -0.3 is 10.2 Å². The Morgan fingerprint density at radius 3 is 2.71 bits per heavy atom. The molecule has 1 N–H and O–H groups in total. The third kappa shape index (κ3) is 2.89. The number of hydrogen-bond acceptors (Lipinski definition) is 2. The van der Waals surface area contributed by atoms with Gasteiger partial charge in [0.25, 0.3) is 0 Å². The van der Waals surface area contributed by atoms with Crippen LogP contribution >= 0.6 is 0 Å². The molecular formula is C14H24N2O. The fourth-order valence-electron chi connectivity index (χ4n) is 2.68. The van der Waals surface area contributed by atoms with Gasteiger partial charge in [-0.05, 0) is 37.7 Å². The molecule has 2 aliphatic rings. The lowest BCUT2D eigenvalue weighted by Gasteiger charge is -2.26. The zero-order chi connectivity index (χ0) is 12.3. The van der Waals surface area contributed by atoms with Crippen molar-refractivity contribution in [2.24, 2.45) is 5.92 Å². The molecule has 0 aliphatic carbocycles. The summed E-state index contributed by atoms with van der Waals surface area (Å²) < 4.78 is 0. The van der Waals surface area contributed by atoms with Gasteiger partial charge in [-0.3, -0.25) is 4.79 Å². The number of hydrogen-bond donors (Lipinski definition) is 1. The molecule has 3 nitrogen and oxygen atoms in total. The van der Waals surface area contributed by atoms with Crippen LogP contribution in [0.5, 0.6) is 0 Å². The Labute approximate surface area is 104 Å². The van der Waals surface area contributed by atoms with Crippen molar-refractivity contribution in [2.45, 2.75) is 39.5 Å². The summed E-state index contributed by atoms with van der Waals surface area (Å²) in [4.78, 5) is 14.4. The number of likely N-dealkylation sites (tertiary alicyclic amines) is 1. The Hall–Kier alpha value is -0.830. The standard InChI is InChI=1S/C14H24N2O/c1-3-12-5-4-7-16(8-6-12)14(17)11(2)13-9-15-10-13/h12,15H,3-10H2,1-2H3. The highest BCUT2D eigenvalue weighted by molar-refractivity contribution is 5.94. The van der Waals surface area contributed by atoms with Gasteiger partial charge in [-0.2, -0.15) is 0 Å². The van der Waals surface area contributed by atoms with Crippen LogP contribution in [-0.4, -0.2) is 37.0 Å². The van der Waals surface area contributed by atoms with Crippen LogP contribution in [0.25, 0.3) is 0 Å². The van der Waals surface area contributed by atoms with Crippen molar-refractivity contribution in [3.05, 3.63) is 11.1 Å². The Morgan fingerprint density at radius 2 is 2.12 bits per heavy atom. The van der Waals surface area contributed by atoms with Gasteiger partial charge in [0, 0.05) is 31.8 Å². The number of amides is 1. The van der Waals surface area contributed by atoms with Gasteiger partial charge in [0.1, 0.15) is 0 Å². The minimum atomic E-state index is 0.276. The molecular weight excluding hydrogens is 212 g/mol. The van der Waals surface area contributed by atoms with Crippen LogP contribution in [0.1, 0.15) is 39.5 Å². The monoisotopic (exact) mass is 236 g/mol. The van der Waals surface area contributed by atoms with E-state index in [2.05, 4.69) is 17.1 Å². The summed E-state index contributed by atoms with van der Waals surface area (Å²) in [5.74, 6) is 1.10. The first-order valence-electron chi connectivity index (χ1n) is 6.91. The maximum atomic E-state index is 12.3. The fraction of sp³-hybridized carbons (Fsp3) is 0.786. The van der Waals surface area contributed by atoms with Gasteiger partial charge >= 0.3 is 0 Å². The Balaban J connectivity index is 1.95. The zero-order valence-electron chi connectivity index (χ0n) is 11.1. The number of nitrogens with one attached hydrogen (secondary N) is 1. The molecule has 0 bridgehead atoms. The van der Waals surface area contributed by atoms with E-state index in [1.807, 2.05) is 6.92 Å². The molecule has 2 aliphatic heterocycles. The van der Waals surface area contributed by atoms with Crippen molar-refractivity contribution >= 4 is 5.91 Å². The average molecular weight is 236 g/mol.